The summed E-state index contributed by atoms with van der Waals surface area (Å²) >= 11 is 0. The zero-order valence-corrected chi connectivity index (χ0v) is 12.8. The standard InChI is InChI=1S/C15H26N4.H2/c1-11(2)7-19-8-12(9-19)18-14-6-13(15(3,4)5)16-10-17-14;/h6,10-12H,7-9H2,1-5H3,(H,16,17,18);1H. The van der Waals surface area contributed by atoms with Crippen molar-refractivity contribution in [1.82, 2.24) is 14.9 Å². The van der Waals surface area contributed by atoms with Crippen molar-refractivity contribution < 1.29 is 1.43 Å². The molecule has 0 amide bonds. The molecule has 1 aliphatic rings. The van der Waals surface area contributed by atoms with E-state index in [0.29, 0.717) is 6.04 Å². The number of nitrogens with zero attached hydrogens (tertiary/aromatic N) is 3. The molecule has 1 aliphatic heterocycles. The first-order chi connectivity index (χ1) is 8.84. The third kappa shape index (κ3) is 3.90. The summed E-state index contributed by atoms with van der Waals surface area (Å²) in [5.74, 6) is 1.70. The number of likely N-dealkylation sites (tertiary alicyclic amines) is 1. The van der Waals surface area contributed by atoms with Gasteiger partial charge in [-0.15, -0.1) is 0 Å². The van der Waals surface area contributed by atoms with Crippen LogP contribution in [-0.2, 0) is 5.41 Å². The molecule has 0 spiro atoms. The molecule has 19 heavy (non-hydrogen) atoms. The molecule has 1 N–H and O–H groups in total. The van der Waals surface area contributed by atoms with Gasteiger partial charge < -0.3 is 5.32 Å². The summed E-state index contributed by atoms with van der Waals surface area (Å²) in [6.45, 7) is 14.5. The first-order valence-electron chi connectivity index (χ1n) is 7.16. The van der Waals surface area contributed by atoms with Crippen LogP contribution in [0.25, 0.3) is 0 Å². The van der Waals surface area contributed by atoms with Gasteiger partial charge >= 0.3 is 0 Å². The Bertz CT molecular complexity index is 422. The van der Waals surface area contributed by atoms with Gasteiger partial charge in [-0.05, 0) is 5.92 Å². The van der Waals surface area contributed by atoms with E-state index >= 15 is 0 Å². The van der Waals surface area contributed by atoms with Crippen molar-refractivity contribution in [2.45, 2.75) is 46.1 Å². The summed E-state index contributed by atoms with van der Waals surface area (Å²) in [5, 5.41) is 3.50. The molecule has 4 nitrogen and oxygen atoms in total. The lowest BCUT2D eigenvalue weighted by atomic mass is 9.92. The summed E-state index contributed by atoms with van der Waals surface area (Å²) in [6.07, 6.45) is 1.66. The summed E-state index contributed by atoms with van der Waals surface area (Å²) in [6, 6.07) is 2.60. The Hall–Kier alpha value is -1.16. The van der Waals surface area contributed by atoms with Crippen LogP contribution in [-0.4, -0.2) is 40.5 Å². The second-order valence-electron chi connectivity index (χ2n) is 6.99. The van der Waals surface area contributed by atoms with E-state index in [1.807, 2.05) is 0 Å². The summed E-state index contributed by atoms with van der Waals surface area (Å²) < 4.78 is 0. The van der Waals surface area contributed by atoms with E-state index in [1.165, 1.54) is 6.54 Å². The van der Waals surface area contributed by atoms with Gasteiger partial charge in [0.25, 0.3) is 0 Å². The minimum Gasteiger partial charge on any atom is -0.365 e. The Morgan fingerprint density at radius 1 is 1.37 bits per heavy atom. The minimum atomic E-state index is 0. The van der Waals surface area contributed by atoms with E-state index in [2.05, 4.69) is 60.9 Å². The molecular formula is C15H28N4. The summed E-state index contributed by atoms with van der Waals surface area (Å²) in [4.78, 5) is 11.2. The maximum Gasteiger partial charge on any atom is 0.129 e. The van der Waals surface area contributed by atoms with Gasteiger partial charge in [-0.2, -0.15) is 0 Å². The zero-order chi connectivity index (χ0) is 14.0. The van der Waals surface area contributed by atoms with Gasteiger partial charge in [0.05, 0.1) is 11.7 Å². The lowest BCUT2D eigenvalue weighted by molar-refractivity contribution is 0.143. The molecule has 0 unspecified atom stereocenters. The van der Waals surface area contributed by atoms with Crippen LogP contribution in [0.1, 0.15) is 41.7 Å². The summed E-state index contributed by atoms with van der Waals surface area (Å²) in [5.41, 5.74) is 1.16. The van der Waals surface area contributed by atoms with Gasteiger partial charge in [0, 0.05) is 32.5 Å². The highest BCUT2D eigenvalue weighted by atomic mass is 15.3. The van der Waals surface area contributed by atoms with Crippen molar-refractivity contribution in [2.75, 3.05) is 25.0 Å². The molecule has 2 heterocycles. The van der Waals surface area contributed by atoms with Crippen LogP contribution >= 0.6 is 0 Å². The molecule has 1 aromatic heterocycles. The fraction of sp³-hybridized carbons (Fsp3) is 0.733. The van der Waals surface area contributed by atoms with Crippen molar-refractivity contribution in [1.29, 1.82) is 0 Å². The highest BCUT2D eigenvalue weighted by molar-refractivity contribution is 5.38. The predicted octanol–water partition coefficient (Wildman–Crippen LogP) is 2.77. The van der Waals surface area contributed by atoms with Gasteiger partial charge in [0.1, 0.15) is 12.1 Å². The van der Waals surface area contributed by atoms with Crippen LogP contribution in [0.2, 0.25) is 0 Å². The fourth-order valence-corrected chi connectivity index (χ4v) is 2.38. The first-order valence-corrected chi connectivity index (χ1v) is 7.16. The van der Waals surface area contributed by atoms with E-state index in [4.69, 9.17) is 0 Å². The molecule has 0 bridgehead atoms. The number of rotatable bonds is 4. The topological polar surface area (TPSA) is 41.0 Å². The predicted molar refractivity (Wildman–Crippen MR) is 81.5 cm³/mol. The molecule has 0 radical (unpaired) electrons. The molecule has 108 valence electrons. The van der Waals surface area contributed by atoms with Crippen LogP contribution in [0, 0.1) is 5.92 Å². The normalized spacial score (nSPS) is 17.6. The smallest absolute Gasteiger partial charge is 0.129 e. The van der Waals surface area contributed by atoms with Crippen LogP contribution in [0.5, 0.6) is 0 Å². The average Bonchev–Trinajstić information content (AvgIpc) is 2.25. The molecule has 0 aliphatic carbocycles. The Morgan fingerprint density at radius 3 is 2.63 bits per heavy atom. The van der Waals surface area contributed by atoms with Crippen LogP contribution in [0.15, 0.2) is 12.4 Å². The van der Waals surface area contributed by atoms with Gasteiger partial charge in [-0.25, -0.2) is 9.97 Å². The Labute approximate surface area is 118 Å². The van der Waals surface area contributed by atoms with Gasteiger partial charge in [0.15, 0.2) is 0 Å². The lowest BCUT2D eigenvalue weighted by Gasteiger charge is -2.40. The third-order valence-electron chi connectivity index (χ3n) is 3.37. The Morgan fingerprint density at radius 2 is 2.05 bits per heavy atom. The van der Waals surface area contributed by atoms with Crippen LogP contribution in [0.3, 0.4) is 0 Å². The van der Waals surface area contributed by atoms with E-state index in [0.717, 1.165) is 30.5 Å². The molecule has 4 heteroatoms. The molecule has 0 aromatic carbocycles. The monoisotopic (exact) mass is 264 g/mol. The van der Waals surface area contributed by atoms with Crippen molar-refractivity contribution in [3.8, 4) is 0 Å². The largest absolute Gasteiger partial charge is 0.365 e. The number of hydrogen-bond acceptors (Lipinski definition) is 4. The van der Waals surface area contributed by atoms with Crippen LogP contribution < -0.4 is 5.32 Å². The minimum absolute atomic E-state index is 0. The quantitative estimate of drug-likeness (QED) is 0.908. The highest BCUT2D eigenvalue weighted by Gasteiger charge is 2.27. The van der Waals surface area contributed by atoms with Crippen molar-refractivity contribution in [3.05, 3.63) is 18.1 Å². The Kier molecular flexibility index (Phi) is 4.09. The fourth-order valence-electron chi connectivity index (χ4n) is 2.38. The number of anilines is 1. The average molecular weight is 264 g/mol. The van der Waals surface area contributed by atoms with Gasteiger partial charge in [0.2, 0.25) is 0 Å². The molecule has 2 rings (SSSR count). The lowest BCUT2D eigenvalue weighted by Crippen LogP contribution is -2.55. The molecule has 0 atom stereocenters. The van der Waals surface area contributed by atoms with E-state index in [-0.39, 0.29) is 6.84 Å². The van der Waals surface area contributed by atoms with E-state index in [1.54, 1.807) is 6.33 Å². The Balaban J connectivity index is 0.00000200. The molecular weight excluding hydrogens is 236 g/mol. The van der Waals surface area contributed by atoms with Crippen LogP contribution in [0.4, 0.5) is 5.82 Å². The van der Waals surface area contributed by atoms with Crippen molar-refractivity contribution in [2.24, 2.45) is 5.92 Å². The van der Waals surface area contributed by atoms with Crippen molar-refractivity contribution >= 4 is 5.82 Å². The van der Waals surface area contributed by atoms with E-state index in [9.17, 15) is 0 Å². The maximum absolute atomic E-state index is 4.35. The molecule has 1 saturated heterocycles. The SMILES string of the molecule is CC(C)CN1CC(Nc2cc(C(C)(C)C)ncn2)C1.[HH]. The van der Waals surface area contributed by atoms with Gasteiger partial charge in [-0.3, -0.25) is 4.90 Å². The molecule has 0 saturated carbocycles. The second kappa shape index (κ2) is 5.45. The second-order valence-corrected chi connectivity index (χ2v) is 6.99. The van der Waals surface area contributed by atoms with E-state index < -0.39 is 0 Å². The third-order valence-corrected chi connectivity index (χ3v) is 3.37. The van der Waals surface area contributed by atoms with Gasteiger partial charge in [-0.1, -0.05) is 34.6 Å². The summed E-state index contributed by atoms with van der Waals surface area (Å²) in [7, 11) is 0. The first kappa shape index (κ1) is 14.3. The number of nitrogens with one attached hydrogen (secondary N) is 1. The molecule has 1 aromatic rings. The number of aromatic nitrogens is 2. The maximum atomic E-state index is 4.35. The van der Waals surface area contributed by atoms with Crippen molar-refractivity contribution in [3.63, 3.8) is 0 Å². The highest BCUT2D eigenvalue weighted by Crippen LogP contribution is 2.22. The number of hydrogen-bond donors (Lipinski definition) is 1. The molecule has 1 fully saturated rings. The zero-order valence-electron chi connectivity index (χ0n) is 12.8.